The summed E-state index contributed by atoms with van der Waals surface area (Å²) in [7, 11) is 0. The fourth-order valence-corrected chi connectivity index (χ4v) is 1.40. The van der Waals surface area contributed by atoms with Crippen molar-refractivity contribution < 1.29 is 19.4 Å². The highest BCUT2D eigenvalue weighted by Crippen LogP contribution is 2.13. The van der Waals surface area contributed by atoms with Crippen LogP contribution in [0.2, 0.25) is 0 Å². The average Bonchev–Trinajstić information content (AvgIpc) is 2.34. The van der Waals surface area contributed by atoms with E-state index in [1.165, 1.54) is 12.1 Å². The molecule has 0 atom stereocenters. The second-order valence-corrected chi connectivity index (χ2v) is 5.26. The Morgan fingerprint density at radius 3 is 2.62 bits per heavy atom. The fourth-order valence-electron chi connectivity index (χ4n) is 1.40. The van der Waals surface area contributed by atoms with E-state index in [4.69, 9.17) is 15.6 Å². The Labute approximate surface area is 123 Å². The van der Waals surface area contributed by atoms with Gasteiger partial charge in [0.2, 0.25) is 0 Å². The van der Waals surface area contributed by atoms with Crippen LogP contribution in [0.3, 0.4) is 0 Å². The molecule has 6 nitrogen and oxygen atoms in total. The molecule has 21 heavy (non-hydrogen) atoms. The van der Waals surface area contributed by atoms with Gasteiger partial charge in [-0.3, -0.25) is 0 Å². The van der Waals surface area contributed by atoms with Crippen LogP contribution in [-0.4, -0.2) is 29.3 Å². The van der Waals surface area contributed by atoms with Crippen molar-refractivity contribution in [1.82, 2.24) is 5.32 Å². The largest absolute Gasteiger partial charge is 0.478 e. The lowest BCUT2D eigenvalue weighted by Gasteiger charge is -2.18. The molecule has 0 aliphatic carbocycles. The van der Waals surface area contributed by atoms with Crippen molar-refractivity contribution in [3.63, 3.8) is 0 Å². The number of carboxylic acids is 1. The van der Waals surface area contributed by atoms with Gasteiger partial charge in [-0.15, -0.1) is 0 Å². The Hall–Kier alpha value is -2.68. The molecule has 0 aliphatic heterocycles. The Kier molecular flexibility index (Phi) is 5.19. The quantitative estimate of drug-likeness (QED) is 0.570. The van der Waals surface area contributed by atoms with Crippen LogP contribution in [0.25, 0.3) is 0 Å². The molecule has 1 aromatic rings. The van der Waals surface area contributed by atoms with Crippen molar-refractivity contribution in [2.45, 2.75) is 26.4 Å². The molecule has 0 aromatic heterocycles. The van der Waals surface area contributed by atoms with Crippen LogP contribution >= 0.6 is 0 Å². The minimum Gasteiger partial charge on any atom is -0.478 e. The number of carbonyl (C=O) groups is 2. The first-order valence-corrected chi connectivity index (χ1v) is 6.27. The highest BCUT2D eigenvalue weighted by atomic mass is 16.6. The summed E-state index contributed by atoms with van der Waals surface area (Å²) in [4.78, 5) is 22.3. The van der Waals surface area contributed by atoms with Crippen molar-refractivity contribution in [3.8, 4) is 11.8 Å². The predicted molar refractivity (Wildman–Crippen MR) is 78.9 cm³/mol. The third-order valence-corrected chi connectivity index (χ3v) is 2.24. The number of benzene rings is 1. The second-order valence-electron chi connectivity index (χ2n) is 5.26. The smallest absolute Gasteiger partial charge is 0.408 e. The normalized spacial score (nSPS) is 10.2. The second kappa shape index (κ2) is 6.66. The molecule has 4 N–H and O–H groups in total. The van der Waals surface area contributed by atoms with Crippen LogP contribution in [0.5, 0.6) is 0 Å². The number of alkyl carbamates (subject to hydrolysis) is 1. The fraction of sp³-hybridized carbons (Fsp3) is 0.333. The molecule has 0 bridgehead atoms. The lowest BCUT2D eigenvalue weighted by atomic mass is 10.1. The van der Waals surface area contributed by atoms with Crippen LogP contribution in [0.1, 0.15) is 36.7 Å². The number of nitrogens with one attached hydrogen (secondary N) is 1. The maximum absolute atomic E-state index is 11.4. The zero-order valence-corrected chi connectivity index (χ0v) is 12.2. The molecule has 1 aromatic carbocycles. The van der Waals surface area contributed by atoms with Gasteiger partial charge in [0.05, 0.1) is 12.1 Å². The van der Waals surface area contributed by atoms with E-state index in [1.807, 2.05) is 0 Å². The maximum Gasteiger partial charge on any atom is 0.408 e. The number of carboxylic acid groups (broad SMARTS) is 1. The van der Waals surface area contributed by atoms with E-state index in [1.54, 1.807) is 26.8 Å². The maximum atomic E-state index is 11.4. The number of ether oxygens (including phenoxy) is 1. The first-order chi connectivity index (χ1) is 9.69. The summed E-state index contributed by atoms with van der Waals surface area (Å²) >= 11 is 0. The zero-order valence-electron chi connectivity index (χ0n) is 12.2. The van der Waals surface area contributed by atoms with Gasteiger partial charge < -0.3 is 20.9 Å². The molecule has 1 rings (SSSR count). The van der Waals surface area contributed by atoms with Crippen LogP contribution in [0, 0.1) is 11.8 Å². The van der Waals surface area contributed by atoms with Gasteiger partial charge in [-0.05, 0) is 39.0 Å². The van der Waals surface area contributed by atoms with Crippen molar-refractivity contribution >= 4 is 17.7 Å². The minimum atomic E-state index is -1.11. The third-order valence-electron chi connectivity index (χ3n) is 2.24. The van der Waals surface area contributed by atoms with E-state index in [-0.39, 0.29) is 17.8 Å². The van der Waals surface area contributed by atoms with Gasteiger partial charge in [0, 0.05) is 11.3 Å². The summed E-state index contributed by atoms with van der Waals surface area (Å²) in [6.07, 6.45) is -0.555. The lowest BCUT2D eigenvalue weighted by molar-refractivity contribution is 0.0534. The molecular weight excluding hydrogens is 272 g/mol. The summed E-state index contributed by atoms with van der Waals surface area (Å²) in [6, 6.07) is 4.48. The lowest BCUT2D eigenvalue weighted by Crippen LogP contribution is -2.32. The van der Waals surface area contributed by atoms with E-state index in [9.17, 15) is 9.59 Å². The van der Waals surface area contributed by atoms with Gasteiger partial charge in [-0.25, -0.2) is 9.59 Å². The minimum absolute atomic E-state index is 0.00176. The summed E-state index contributed by atoms with van der Waals surface area (Å²) < 4.78 is 5.04. The molecule has 6 heteroatoms. The Morgan fingerprint density at radius 2 is 2.05 bits per heavy atom. The molecule has 112 valence electrons. The number of carbonyl (C=O) groups excluding carboxylic acids is 1. The average molecular weight is 290 g/mol. The molecule has 0 unspecified atom stereocenters. The molecule has 0 saturated heterocycles. The van der Waals surface area contributed by atoms with Crippen LogP contribution in [0.15, 0.2) is 18.2 Å². The van der Waals surface area contributed by atoms with Gasteiger partial charge >= 0.3 is 12.1 Å². The zero-order chi connectivity index (χ0) is 16.0. The van der Waals surface area contributed by atoms with E-state index < -0.39 is 17.7 Å². The topological polar surface area (TPSA) is 102 Å². The van der Waals surface area contributed by atoms with Crippen molar-refractivity contribution in [2.24, 2.45) is 0 Å². The van der Waals surface area contributed by atoms with Crippen LogP contribution < -0.4 is 11.1 Å². The first kappa shape index (κ1) is 16.4. The molecule has 0 heterocycles. The number of nitrogen functional groups attached to an aromatic ring is 1. The molecule has 1 amide bonds. The molecular formula is C15H18N2O4. The Morgan fingerprint density at radius 1 is 1.38 bits per heavy atom. The molecule has 0 saturated carbocycles. The predicted octanol–water partition coefficient (Wildman–Crippen LogP) is 1.84. The summed E-state index contributed by atoms with van der Waals surface area (Å²) in [5.74, 6) is 4.35. The third kappa shape index (κ3) is 5.87. The standard InChI is InChI=1S/C15H18N2O4/c1-15(2,3)21-14(20)17-8-4-5-10-6-7-12(16)11(9-10)13(18)19/h6-7,9H,8,16H2,1-3H3,(H,17,20)(H,18,19). The number of hydrogen-bond acceptors (Lipinski definition) is 4. The Bertz CT molecular complexity index is 606. The van der Waals surface area contributed by atoms with Gasteiger partial charge in [-0.1, -0.05) is 11.8 Å². The number of anilines is 1. The van der Waals surface area contributed by atoms with E-state index in [2.05, 4.69) is 17.2 Å². The van der Waals surface area contributed by atoms with E-state index in [0.29, 0.717) is 5.56 Å². The van der Waals surface area contributed by atoms with Gasteiger partial charge in [0.15, 0.2) is 0 Å². The van der Waals surface area contributed by atoms with E-state index in [0.717, 1.165) is 0 Å². The van der Waals surface area contributed by atoms with Gasteiger partial charge in [0.1, 0.15) is 5.60 Å². The number of rotatable bonds is 2. The first-order valence-electron chi connectivity index (χ1n) is 6.27. The molecule has 0 spiro atoms. The molecule has 0 fully saturated rings. The van der Waals surface area contributed by atoms with Crippen LogP contribution in [-0.2, 0) is 4.74 Å². The highest BCUT2D eigenvalue weighted by molar-refractivity contribution is 5.94. The van der Waals surface area contributed by atoms with E-state index >= 15 is 0 Å². The van der Waals surface area contributed by atoms with Crippen molar-refractivity contribution in [3.05, 3.63) is 29.3 Å². The SMILES string of the molecule is CC(C)(C)OC(=O)NCC#Cc1ccc(N)c(C(=O)O)c1. The van der Waals surface area contributed by atoms with Gasteiger partial charge in [-0.2, -0.15) is 0 Å². The summed E-state index contributed by atoms with van der Waals surface area (Å²) in [5.41, 5.74) is 5.67. The molecule has 0 aliphatic rings. The Balaban J connectivity index is 2.62. The van der Waals surface area contributed by atoms with Crippen LogP contribution in [0.4, 0.5) is 10.5 Å². The summed E-state index contributed by atoms with van der Waals surface area (Å²) in [5, 5.41) is 11.4. The van der Waals surface area contributed by atoms with Crippen molar-refractivity contribution in [1.29, 1.82) is 0 Å². The monoisotopic (exact) mass is 290 g/mol. The molecule has 0 radical (unpaired) electrons. The number of nitrogens with two attached hydrogens (primary N) is 1. The number of aromatic carboxylic acids is 1. The number of hydrogen-bond donors (Lipinski definition) is 3. The highest BCUT2D eigenvalue weighted by Gasteiger charge is 2.15. The summed E-state index contributed by atoms with van der Waals surface area (Å²) in [6.45, 7) is 5.39. The number of amides is 1. The van der Waals surface area contributed by atoms with Gasteiger partial charge in [0.25, 0.3) is 0 Å². The van der Waals surface area contributed by atoms with Crippen molar-refractivity contribution in [2.75, 3.05) is 12.3 Å².